The minimum Gasteiger partial charge on any atom is -0.497 e. The van der Waals surface area contributed by atoms with Gasteiger partial charge in [-0.3, -0.25) is 0 Å². The van der Waals surface area contributed by atoms with E-state index in [0.717, 1.165) is 18.6 Å². The molecular weight excluding hydrogens is 222 g/mol. The quantitative estimate of drug-likeness (QED) is 0.806. The summed E-state index contributed by atoms with van der Waals surface area (Å²) in [6, 6.07) is 8.52. The van der Waals surface area contributed by atoms with Crippen LogP contribution in [0, 0.1) is 0 Å². The third kappa shape index (κ3) is 3.61. The summed E-state index contributed by atoms with van der Waals surface area (Å²) in [4.78, 5) is 0. The molecule has 0 spiro atoms. The molecule has 0 aliphatic heterocycles. The Bertz CT molecular complexity index is 394. The number of allylic oxidation sites excluding steroid dienone is 1. The summed E-state index contributed by atoms with van der Waals surface area (Å²) in [5.74, 6) is 0.915. The van der Waals surface area contributed by atoms with Crippen LogP contribution in [0.5, 0.6) is 5.75 Å². The first-order valence-electron chi connectivity index (χ1n) is 6.87. The van der Waals surface area contributed by atoms with E-state index in [0.29, 0.717) is 0 Å². The highest BCUT2D eigenvalue weighted by Gasteiger charge is 2.11. The highest BCUT2D eigenvalue weighted by molar-refractivity contribution is 5.27. The number of rotatable bonds is 5. The van der Waals surface area contributed by atoms with Crippen LogP contribution in [0.2, 0.25) is 0 Å². The van der Waals surface area contributed by atoms with Gasteiger partial charge in [0.05, 0.1) is 7.11 Å². The fraction of sp³-hybridized carbons (Fsp3) is 0.500. The number of ether oxygens (including phenoxy) is 1. The van der Waals surface area contributed by atoms with Crippen molar-refractivity contribution in [2.75, 3.05) is 7.11 Å². The van der Waals surface area contributed by atoms with E-state index >= 15 is 0 Å². The topological polar surface area (TPSA) is 35.2 Å². The third-order valence-corrected chi connectivity index (χ3v) is 3.71. The van der Waals surface area contributed by atoms with Gasteiger partial charge < -0.3 is 10.5 Å². The molecule has 1 unspecified atom stereocenters. The molecule has 1 aliphatic carbocycles. The zero-order chi connectivity index (χ0) is 12.8. The Morgan fingerprint density at radius 1 is 1.22 bits per heavy atom. The van der Waals surface area contributed by atoms with Crippen molar-refractivity contribution in [1.82, 2.24) is 0 Å². The van der Waals surface area contributed by atoms with Crippen molar-refractivity contribution < 1.29 is 4.74 Å². The Hall–Kier alpha value is -1.28. The molecule has 1 aromatic carbocycles. The molecule has 1 aromatic rings. The van der Waals surface area contributed by atoms with Crippen LogP contribution in [-0.2, 0) is 6.42 Å². The first-order valence-corrected chi connectivity index (χ1v) is 6.87. The Labute approximate surface area is 110 Å². The predicted octanol–water partition coefficient (Wildman–Crippen LogP) is 3.46. The summed E-state index contributed by atoms with van der Waals surface area (Å²) in [5.41, 5.74) is 9.06. The van der Waals surface area contributed by atoms with Gasteiger partial charge >= 0.3 is 0 Å². The van der Waals surface area contributed by atoms with Crippen LogP contribution in [0.4, 0.5) is 0 Å². The standard InChI is InChI=1S/C16H23NO/c1-18-15-10-7-13(8-11-15)9-12-16(17)14-5-3-2-4-6-14/h5,7-8,10-11,16H,2-4,6,9,12,17H2,1H3. The maximum absolute atomic E-state index is 6.26. The summed E-state index contributed by atoms with van der Waals surface area (Å²) >= 11 is 0. The second-order valence-corrected chi connectivity index (χ2v) is 5.02. The van der Waals surface area contributed by atoms with Gasteiger partial charge in [-0.15, -0.1) is 0 Å². The summed E-state index contributed by atoms with van der Waals surface area (Å²) in [6.07, 6.45) is 9.48. The van der Waals surface area contributed by atoms with Crippen LogP contribution in [-0.4, -0.2) is 13.2 Å². The van der Waals surface area contributed by atoms with Gasteiger partial charge in [0.25, 0.3) is 0 Å². The van der Waals surface area contributed by atoms with Gasteiger partial charge in [-0.1, -0.05) is 23.8 Å². The van der Waals surface area contributed by atoms with E-state index in [9.17, 15) is 0 Å². The Balaban J connectivity index is 1.84. The van der Waals surface area contributed by atoms with Crippen molar-refractivity contribution in [3.8, 4) is 5.75 Å². The summed E-state index contributed by atoms with van der Waals surface area (Å²) in [7, 11) is 1.69. The van der Waals surface area contributed by atoms with Gasteiger partial charge in [-0.25, -0.2) is 0 Å². The van der Waals surface area contributed by atoms with Gasteiger partial charge in [0.2, 0.25) is 0 Å². The summed E-state index contributed by atoms with van der Waals surface area (Å²) in [5, 5.41) is 0. The van der Waals surface area contributed by atoms with Crippen molar-refractivity contribution in [2.45, 2.75) is 44.6 Å². The number of benzene rings is 1. The van der Waals surface area contributed by atoms with E-state index < -0.39 is 0 Å². The van der Waals surface area contributed by atoms with Crippen molar-refractivity contribution in [2.24, 2.45) is 5.73 Å². The molecule has 0 heterocycles. The maximum atomic E-state index is 6.26. The smallest absolute Gasteiger partial charge is 0.118 e. The molecule has 98 valence electrons. The zero-order valence-electron chi connectivity index (χ0n) is 11.2. The number of hydrogen-bond acceptors (Lipinski definition) is 2. The molecule has 2 N–H and O–H groups in total. The molecule has 0 saturated heterocycles. The van der Waals surface area contributed by atoms with E-state index in [-0.39, 0.29) is 6.04 Å². The van der Waals surface area contributed by atoms with Gasteiger partial charge in [0.15, 0.2) is 0 Å². The van der Waals surface area contributed by atoms with Crippen LogP contribution in [0.3, 0.4) is 0 Å². The molecule has 0 amide bonds. The first kappa shape index (κ1) is 13.2. The van der Waals surface area contributed by atoms with Gasteiger partial charge in [0.1, 0.15) is 5.75 Å². The average Bonchev–Trinajstić information content (AvgIpc) is 2.46. The van der Waals surface area contributed by atoms with Crippen LogP contribution in [0.15, 0.2) is 35.9 Å². The van der Waals surface area contributed by atoms with Gasteiger partial charge in [0, 0.05) is 6.04 Å². The minimum atomic E-state index is 0.243. The second-order valence-electron chi connectivity index (χ2n) is 5.02. The lowest BCUT2D eigenvalue weighted by Crippen LogP contribution is -2.24. The fourth-order valence-corrected chi connectivity index (χ4v) is 2.50. The van der Waals surface area contributed by atoms with Crippen LogP contribution in [0.25, 0.3) is 0 Å². The highest BCUT2D eigenvalue weighted by atomic mass is 16.5. The SMILES string of the molecule is COc1ccc(CCC(N)C2=CCCCC2)cc1. The molecule has 2 nitrogen and oxygen atoms in total. The largest absolute Gasteiger partial charge is 0.497 e. The van der Waals surface area contributed by atoms with Crippen molar-refractivity contribution in [3.05, 3.63) is 41.5 Å². The van der Waals surface area contributed by atoms with Crippen LogP contribution >= 0.6 is 0 Å². The predicted molar refractivity (Wildman–Crippen MR) is 75.8 cm³/mol. The van der Waals surface area contributed by atoms with E-state index in [1.807, 2.05) is 12.1 Å². The monoisotopic (exact) mass is 245 g/mol. The third-order valence-electron chi connectivity index (χ3n) is 3.71. The van der Waals surface area contributed by atoms with E-state index in [4.69, 9.17) is 10.5 Å². The lowest BCUT2D eigenvalue weighted by atomic mass is 9.91. The van der Waals surface area contributed by atoms with Crippen LogP contribution in [0.1, 0.15) is 37.7 Å². The maximum Gasteiger partial charge on any atom is 0.118 e. The summed E-state index contributed by atoms with van der Waals surface area (Å²) in [6.45, 7) is 0. The number of hydrogen-bond donors (Lipinski definition) is 1. The molecule has 0 fully saturated rings. The van der Waals surface area contributed by atoms with Crippen LogP contribution < -0.4 is 10.5 Å². The van der Waals surface area contributed by atoms with Gasteiger partial charge in [-0.2, -0.15) is 0 Å². The fourth-order valence-electron chi connectivity index (χ4n) is 2.50. The lowest BCUT2D eigenvalue weighted by Gasteiger charge is -2.19. The second kappa shape index (κ2) is 6.60. The average molecular weight is 245 g/mol. The Morgan fingerprint density at radius 3 is 2.61 bits per heavy atom. The molecule has 0 aromatic heterocycles. The zero-order valence-corrected chi connectivity index (χ0v) is 11.2. The number of nitrogens with two attached hydrogens (primary N) is 1. The molecular formula is C16H23NO. The minimum absolute atomic E-state index is 0.243. The molecule has 2 rings (SSSR count). The van der Waals surface area contributed by atoms with E-state index in [1.165, 1.54) is 36.8 Å². The normalized spacial score (nSPS) is 17.1. The van der Waals surface area contributed by atoms with E-state index in [2.05, 4.69) is 18.2 Å². The van der Waals surface area contributed by atoms with E-state index in [1.54, 1.807) is 7.11 Å². The van der Waals surface area contributed by atoms with Crippen molar-refractivity contribution in [3.63, 3.8) is 0 Å². The molecule has 2 heteroatoms. The lowest BCUT2D eigenvalue weighted by molar-refractivity contribution is 0.414. The summed E-state index contributed by atoms with van der Waals surface area (Å²) < 4.78 is 5.16. The molecule has 0 radical (unpaired) electrons. The molecule has 0 bridgehead atoms. The Kier molecular flexibility index (Phi) is 4.82. The Morgan fingerprint density at radius 2 is 2.00 bits per heavy atom. The molecule has 1 aliphatic rings. The molecule has 0 saturated carbocycles. The first-order chi connectivity index (χ1) is 8.79. The van der Waals surface area contributed by atoms with Crippen molar-refractivity contribution >= 4 is 0 Å². The van der Waals surface area contributed by atoms with Gasteiger partial charge in [-0.05, 0) is 56.2 Å². The number of aryl methyl sites for hydroxylation is 1. The number of methoxy groups -OCH3 is 1. The van der Waals surface area contributed by atoms with Crippen molar-refractivity contribution in [1.29, 1.82) is 0 Å². The molecule has 1 atom stereocenters. The molecule has 18 heavy (non-hydrogen) atoms. The highest BCUT2D eigenvalue weighted by Crippen LogP contribution is 2.22.